The molecule has 1 heterocycles. The Bertz CT molecular complexity index is 1360. The lowest BCUT2D eigenvalue weighted by Crippen LogP contribution is -2.44. The molecule has 5 heteroatoms. The summed E-state index contributed by atoms with van der Waals surface area (Å²) in [5.41, 5.74) is 4.68. The van der Waals surface area contributed by atoms with Crippen molar-refractivity contribution in [1.82, 2.24) is 5.32 Å². The van der Waals surface area contributed by atoms with Crippen LogP contribution in [0.1, 0.15) is 34.5 Å². The summed E-state index contributed by atoms with van der Waals surface area (Å²) in [6, 6.07) is 29.1. The number of rotatable bonds is 6. The number of ether oxygens (including phenoxy) is 2. The minimum absolute atomic E-state index is 0.0646. The van der Waals surface area contributed by atoms with Gasteiger partial charge in [-0.05, 0) is 60.0 Å². The van der Waals surface area contributed by atoms with Crippen molar-refractivity contribution < 1.29 is 14.3 Å². The van der Waals surface area contributed by atoms with Gasteiger partial charge in [-0.1, -0.05) is 60.7 Å². The maximum absolute atomic E-state index is 12.3. The zero-order valence-corrected chi connectivity index (χ0v) is 20.3. The van der Waals surface area contributed by atoms with Crippen molar-refractivity contribution in [1.29, 1.82) is 0 Å². The summed E-state index contributed by atoms with van der Waals surface area (Å²) >= 11 is 0. The highest BCUT2D eigenvalue weighted by Gasteiger charge is 2.28. The van der Waals surface area contributed by atoms with Crippen molar-refractivity contribution in [3.05, 3.63) is 102 Å². The van der Waals surface area contributed by atoms with E-state index in [1.807, 2.05) is 43.3 Å². The Labute approximate surface area is 206 Å². The molecule has 178 valence electrons. The summed E-state index contributed by atoms with van der Waals surface area (Å²) in [6.07, 6.45) is -0.0646. The molecular weight excluding hydrogens is 436 g/mol. The SMILES string of the molecule is COC(=O)c1cc(N2CC(CNC(C)c3cccc4ccccc34)Oc3ccccc32)ccc1C. The van der Waals surface area contributed by atoms with Gasteiger partial charge in [-0.3, -0.25) is 0 Å². The van der Waals surface area contributed by atoms with Crippen molar-refractivity contribution in [2.75, 3.05) is 25.1 Å². The Kier molecular flexibility index (Phi) is 6.43. The number of hydrogen-bond donors (Lipinski definition) is 1. The Morgan fingerprint density at radius 3 is 2.69 bits per heavy atom. The van der Waals surface area contributed by atoms with E-state index in [0.717, 1.165) is 22.7 Å². The fraction of sp³-hybridized carbons (Fsp3) is 0.233. The third-order valence-corrected chi connectivity index (χ3v) is 6.72. The molecule has 35 heavy (non-hydrogen) atoms. The Morgan fingerprint density at radius 1 is 1.06 bits per heavy atom. The molecule has 0 saturated carbocycles. The van der Waals surface area contributed by atoms with Crippen molar-refractivity contribution in [2.45, 2.75) is 26.0 Å². The third-order valence-electron chi connectivity index (χ3n) is 6.72. The number of nitrogens with one attached hydrogen (secondary N) is 1. The van der Waals surface area contributed by atoms with Crippen LogP contribution < -0.4 is 15.0 Å². The van der Waals surface area contributed by atoms with Crippen molar-refractivity contribution in [3.8, 4) is 5.75 Å². The Hall–Kier alpha value is -3.83. The van der Waals surface area contributed by atoms with Gasteiger partial charge in [0.15, 0.2) is 0 Å². The number of fused-ring (bicyclic) bond motifs is 2. The van der Waals surface area contributed by atoms with Gasteiger partial charge in [0, 0.05) is 18.3 Å². The summed E-state index contributed by atoms with van der Waals surface area (Å²) in [7, 11) is 1.41. The Morgan fingerprint density at radius 2 is 1.83 bits per heavy atom. The van der Waals surface area contributed by atoms with Crippen LogP contribution in [0.4, 0.5) is 11.4 Å². The summed E-state index contributed by atoms with van der Waals surface area (Å²) < 4.78 is 11.4. The molecule has 0 bridgehead atoms. The van der Waals surface area contributed by atoms with Crippen molar-refractivity contribution >= 4 is 28.1 Å². The van der Waals surface area contributed by atoms with Crippen LogP contribution in [0.5, 0.6) is 5.75 Å². The lowest BCUT2D eigenvalue weighted by atomic mass is 9.99. The van der Waals surface area contributed by atoms with E-state index in [-0.39, 0.29) is 18.1 Å². The third kappa shape index (κ3) is 4.60. The number of anilines is 2. The van der Waals surface area contributed by atoms with Crippen LogP contribution in [0.3, 0.4) is 0 Å². The van der Waals surface area contributed by atoms with E-state index in [1.165, 1.54) is 23.4 Å². The molecule has 2 unspecified atom stereocenters. The largest absolute Gasteiger partial charge is 0.485 e. The molecule has 1 aliphatic rings. The molecular formula is C30H30N2O3. The van der Waals surface area contributed by atoms with Gasteiger partial charge in [0.1, 0.15) is 11.9 Å². The first-order valence-electron chi connectivity index (χ1n) is 12.0. The highest BCUT2D eigenvalue weighted by Crippen LogP contribution is 2.38. The molecule has 0 aliphatic carbocycles. The van der Waals surface area contributed by atoms with Gasteiger partial charge in [0.25, 0.3) is 0 Å². The van der Waals surface area contributed by atoms with Gasteiger partial charge in [-0.15, -0.1) is 0 Å². The predicted molar refractivity (Wildman–Crippen MR) is 141 cm³/mol. The van der Waals surface area contributed by atoms with Crippen LogP contribution in [-0.4, -0.2) is 32.3 Å². The molecule has 5 rings (SSSR count). The van der Waals surface area contributed by atoms with E-state index in [4.69, 9.17) is 9.47 Å². The lowest BCUT2D eigenvalue weighted by Gasteiger charge is -2.37. The van der Waals surface area contributed by atoms with Gasteiger partial charge in [0.05, 0.1) is 24.9 Å². The number of carbonyl (C=O) groups is 1. The number of methoxy groups -OCH3 is 1. The second-order valence-corrected chi connectivity index (χ2v) is 9.01. The van der Waals surface area contributed by atoms with E-state index in [1.54, 1.807) is 0 Å². The minimum atomic E-state index is -0.326. The molecule has 0 aromatic heterocycles. The number of hydrogen-bond acceptors (Lipinski definition) is 5. The maximum atomic E-state index is 12.3. The van der Waals surface area contributed by atoms with Gasteiger partial charge in [0.2, 0.25) is 0 Å². The first kappa shape index (κ1) is 22.9. The minimum Gasteiger partial charge on any atom is -0.485 e. The average Bonchev–Trinajstić information content (AvgIpc) is 2.90. The van der Waals surface area contributed by atoms with Crippen LogP contribution in [0.15, 0.2) is 84.9 Å². The molecule has 4 aromatic rings. The number of para-hydroxylation sites is 2. The highest BCUT2D eigenvalue weighted by molar-refractivity contribution is 5.92. The Balaban J connectivity index is 1.39. The highest BCUT2D eigenvalue weighted by atomic mass is 16.5. The fourth-order valence-corrected chi connectivity index (χ4v) is 4.80. The molecule has 0 radical (unpaired) electrons. The smallest absolute Gasteiger partial charge is 0.338 e. The first-order valence-corrected chi connectivity index (χ1v) is 12.0. The van der Waals surface area contributed by atoms with E-state index >= 15 is 0 Å². The maximum Gasteiger partial charge on any atom is 0.338 e. The summed E-state index contributed by atoms with van der Waals surface area (Å²) in [5, 5.41) is 6.19. The molecule has 2 atom stereocenters. The molecule has 0 saturated heterocycles. The van der Waals surface area contributed by atoms with Crippen LogP contribution in [0.2, 0.25) is 0 Å². The van der Waals surface area contributed by atoms with Crippen LogP contribution in [-0.2, 0) is 4.74 Å². The molecule has 1 aliphatic heterocycles. The van der Waals surface area contributed by atoms with Crippen molar-refractivity contribution in [2.24, 2.45) is 0 Å². The first-order chi connectivity index (χ1) is 17.0. The molecule has 4 aromatic carbocycles. The molecule has 5 nitrogen and oxygen atoms in total. The van der Waals surface area contributed by atoms with E-state index < -0.39 is 0 Å². The van der Waals surface area contributed by atoms with E-state index in [0.29, 0.717) is 18.7 Å². The summed E-state index contributed by atoms with van der Waals surface area (Å²) in [4.78, 5) is 14.5. The molecule has 0 fully saturated rings. The zero-order chi connectivity index (χ0) is 24.4. The number of esters is 1. The lowest BCUT2D eigenvalue weighted by molar-refractivity contribution is 0.0600. The number of carbonyl (C=O) groups excluding carboxylic acids is 1. The standard InChI is InChI=1S/C30H30N2O3/c1-20-15-16-23(17-27(20)30(33)34-3)32-19-24(35-29-14-7-6-13-28(29)32)18-31-21(2)25-12-8-10-22-9-4-5-11-26(22)25/h4-17,21,24,31H,18-19H2,1-3H3. The summed E-state index contributed by atoms with van der Waals surface area (Å²) in [5.74, 6) is 0.511. The number of aryl methyl sites for hydroxylation is 1. The quantitative estimate of drug-likeness (QED) is 0.344. The van der Waals surface area contributed by atoms with Crippen LogP contribution >= 0.6 is 0 Å². The topological polar surface area (TPSA) is 50.8 Å². The molecule has 0 amide bonds. The molecule has 1 N–H and O–H groups in total. The van der Waals surface area contributed by atoms with Crippen LogP contribution in [0.25, 0.3) is 10.8 Å². The number of benzene rings is 4. The summed E-state index contributed by atoms with van der Waals surface area (Å²) in [6.45, 7) is 5.46. The fourth-order valence-electron chi connectivity index (χ4n) is 4.80. The average molecular weight is 467 g/mol. The normalized spacial score (nSPS) is 15.9. The second kappa shape index (κ2) is 9.80. The van der Waals surface area contributed by atoms with Gasteiger partial charge >= 0.3 is 5.97 Å². The van der Waals surface area contributed by atoms with E-state index in [2.05, 4.69) is 65.7 Å². The van der Waals surface area contributed by atoms with Gasteiger partial charge in [-0.25, -0.2) is 4.79 Å². The van der Waals surface area contributed by atoms with Crippen LogP contribution in [0, 0.1) is 6.92 Å². The van der Waals surface area contributed by atoms with Gasteiger partial charge in [-0.2, -0.15) is 0 Å². The van der Waals surface area contributed by atoms with Crippen molar-refractivity contribution in [3.63, 3.8) is 0 Å². The zero-order valence-electron chi connectivity index (χ0n) is 20.3. The van der Waals surface area contributed by atoms with E-state index in [9.17, 15) is 4.79 Å². The monoisotopic (exact) mass is 466 g/mol. The number of nitrogens with zero attached hydrogens (tertiary/aromatic N) is 1. The predicted octanol–water partition coefficient (Wildman–Crippen LogP) is 6.18. The molecule has 0 spiro atoms. The van der Waals surface area contributed by atoms with Gasteiger partial charge < -0.3 is 19.7 Å². The second-order valence-electron chi connectivity index (χ2n) is 9.01.